The van der Waals surface area contributed by atoms with Crippen molar-refractivity contribution in [3.05, 3.63) is 31.6 Å². The first-order valence-corrected chi connectivity index (χ1v) is 5.29. The predicted octanol–water partition coefficient (Wildman–Crippen LogP) is 0.711. The van der Waals surface area contributed by atoms with Crippen molar-refractivity contribution in [3.8, 4) is 0 Å². The third-order valence-corrected chi connectivity index (χ3v) is 2.93. The largest absolute Gasteiger partial charge is 0.355 e. The number of amidine groups is 1. The quantitative estimate of drug-likeness (QED) is 0.745. The van der Waals surface area contributed by atoms with Crippen LogP contribution in [0, 0.1) is 5.41 Å². The molecule has 6 nitrogen and oxygen atoms in total. The molecule has 1 aromatic rings. The number of aromatic nitrogens is 2. The first-order valence-electron chi connectivity index (χ1n) is 4.91. The van der Waals surface area contributed by atoms with Crippen molar-refractivity contribution < 1.29 is 0 Å². The number of H-pyrrole nitrogens is 2. The van der Waals surface area contributed by atoms with Crippen LogP contribution in [0.3, 0.4) is 0 Å². The Bertz CT molecular complexity index is 537. The maximum Gasteiger partial charge on any atom is 0.326 e. The molecule has 0 radical (unpaired) electrons. The molecule has 1 saturated heterocycles. The molecule has 2 heterocycles. The summed E-state index contributed by atoms with van der Waals surface area (Å²) in [4.78, 5) is 28.6. The standard InChI is InChI=1S/C9H11ClN4O2.ClH/c10-7-5(12-9(16)13-8(7)15)4-14-3-1-2-6(14)11;/h11H,1-4H2,(H2,12,13,15,16);1H/i9+1,12+1,13+1;. The second kappa shape index (κ2) is 5.37. The number of aromatic amines is 2. The zero-order chi connectivity index (χ0) is 11.7. The van der Waals surface area contributed by atoms with Crippen molar-refractivity contribution in [2.45, 2.75) is 19.4 Å². The fourth-order valence-corrected chi connectivity index (χ4v) is 1.88. The van der Waals surface area contributed by atoms with Crippen LogP contribution < -0.4 is 11.2 Å². The first-order chi connectivity index (χ1) is 7.58. The number of likely N-dealkylation sites (tertiary alicyclic amines) is 1. The molecule has 94 valence electrons. The van der Waals surface area contributed by atoms with Crippen LogP contribution >= 0.6 is 24.0 Å². The Morgan fingerprint density at radius 2 is 2.06 bits per heavy atom. The molecule has 2 rings (SSSR count). The molecule has 0 aromatic carbocycles. The molecule has 1 fully saturated rings. The summed E-state index contributed by atoms with van der Waals surface area (Å²) >= 11 is 5.78. The van der Waals surface area contributed by atoms with Gasteiger partial charge in [0.25, 0.3) is 5.56 Å². The lowest BCUT2D eigenvalue weighted by atomic mass is 10.4. The highest BCUT2D eigenvalue weighted by Gasteiger charge is 2.19. The second-order valence-electron chi connectivity index (χ2n) is 3.67. The Kier molecular flexibility index (Phi) is 4.36. The molecule has 0 aliphatic carbocycles. The maximum atomic E-state index is 11.2. The van der Waals surface area contributed by atoms with E-state index >= 15 is 0 Å². The summed E-state index contributed by atoms with van der Waals surface area (Å²) in [5, 5.41) is 7.62. The highest BCUT2D eigenvalue weighted by atomic mass is 35.5. The second-order valence-corrected chi connectivity index (χ2v) is 4.05. The van der Waals surface area contributed by atoms with Crippen LogP contribution in [0.5, 0.6) is 0 Å². The Morgan fingerprint density at radius 1 is 1.35 bits per heavy atom. The van der Waals surface area contributed by atoms with E-state index in [0.717, 1.165) is 19.4 Å². The average Bonchev–Trinajstić information content (AvgIpc) is 2.60. The fourth-order valence-electron chi connectivity index (χ4n) is 1.72. The molecular formula is C9H12Cl2N4O2. The summed E-state index contributed by atoms with van der Waals surface area (Å²) in [6.45, 7) is 1.06. The van der Waals surface area contributed by atoms with Crippen molar-refractivity contribution in [3.63, 3.8) is 0 Å². The predicted molar refractivity (Wildman–Crippen MR) is 67.3 cm³/mol. The number of nitrogens with one attached hydrogen (secondary N) is 3. The molecule has 0 atom stereocenters. The number of rotatable bonds is 2. The van der Waals surface area contributed by atoms with Gasteiger partial charge in [-0.05, 0) is 6.42 Å². The van der Waals surface area contributed by atoms with Crippen LogP contribution in [-0.4, -0.2) is 27.2 Å². The van der Waals surface area contributed by atoms with E-state index in [1.165, 1.54) is 0 Å². The van der Waals surface area contributed by atoms with Gasteiger partial charge in [-0.25, -0.2) is 4.79 Å². The van der Waals surface area contributed by atoms with Crippen molar-refractivity contribution in [2.24, 2.45) is 0 Å². The van der Waals surface area contributed by atoms with Crippen LogP contribution in [0.2, 0.25) is 5.02 Å². The highest BCUT2D eigenvalue weighted by Crippen LogP contribution is 2.15. The smallest absolute Gasteiger partial charge is 0.326 e. The number of hydrogen-bond acceptors (Lipinski definition) is 3. The van der Waals surface area contributed by atoms with E-state index < -0.39 is 11.2 Å². The molecule has 1 aromatic heterocycles. The Hall–Kier alpha value is -1.27. The van der Waals surface area contributed by atoms with Gasteiger partial charge >= 0.3 is 5.69 Å². The lowest BCUT2D eigenvalue weighted by molar-refractivity contribution is 0.438. The van der Waals surface area contributed by atoms with Gasteiger partial charge in [-0.1, -0.05) is 11.6 Å². The van der Waals surface area contributed by atoms with E-state index in [-0.39, 0.29) is 17.4 Å². The van der Waals surface area contributed by atoms with Crippen LogP contribution in [0.25, 0.3) is 0 Å². The molecule has 0 spiro atoms. The van der Waals surface area contributed by atoms with E-state index in [2.05, 4.69) is 4.98 Å². The van der Waals surface area contributed by atoms with Crippen LogP contribution in [-0.2, 0) is 6.54 Å². The first kappa shape index (κ1) is 13.8. The lowest BCUT2D eigenvalue weighted by Gasteiger charge is -2.17. The molecule has 1 aliphatic heterocycles. The van der Waals surface area contributed by atoms with Gasteiger partial charge in [0.05, 0.1) is 18.1 Å². The van der Waals surface area contributed by atoms with E-state index in [1.807, 2.05) is 4.98 Å². The Labute approximate surface area is 108 Å². The number of nitrogens with zero attached hydrogens (tertiary/aromatic N) is 1. The molecule has 3 N–H and O–H groups in total. The zero-order valence-electron chi connectivity index (χ0n) is 8.88. The Balaban J connectivity index is 0.00000144. The van der Waals surface area contributed by atoms with Crippen molar-refractivity contribution in [1.82, 2.24) is 14.9 Å². The minimum atomic E-state index is -0.592. The van der Waals surface area contributed by atoms with Crippen LogP contribution in [0.4, 0.5) is 0 Å². The van der Waals surface area contributed by atoms with Crippen molar-refractivity contribution in [2.75, 3.05) is 6.54 Å². The summed E-state index contributed by atoms with van der Waals surface area (Å²) in [6.07, 6.45) is 1.65. The summed E-state index contributed by atoms with van der Waals surface area (Å²) in [7, 11) is 0. The molecule has 0 saturated carbocycles. The summed E-state index contributed by atoms with van der Waals surface area (Å²) in [5.74, 6) is 0.511. The van der Waals surface area contributed by atoms with Gasteiger partial charge in [0, 0.05) is 13.0 Å². The minimum absolute atomic E-state index is 0. The third-order valence-electron chi connectivity index (χ3n) is 2.53. The monoisotopic (exact) mass is 281 g/mol. The van der Waals surface area contributed by atoms with Gasteiger partial charge in [-0.2, -0.15) is 0 Å². The molecule has 1 aliphatic rings. The lowest BCUT2D eigenvalue weighted by Crippen LogP contribution is -2.30. The normalized spacial score (nSPS) is 14.9. The van der Waals surface area contributed by atoms with Gasteiger partial charge in [0.2, 0.25) is 0 Å². The van der Waals surface area contributed by atoms with Gasteiger partial charge in [-0.3, -0.25) is 15.2 Å². The average molecular weight is 282 g/mol. The van der Waals surface area contributed by atoms with Gasteiger partial charge < -0.3 is 9.88 Å². The van der Waals surface area contributed by atoms with E-state index in [1.54, 1.807) is 4.90 Å². The Morgan fingerprint density at radius 3 is 2.65 bits per heavy atom. The van der Waals surface area contributed by atoms with Gasteiger partial charge in [-0.15, -0.1) is 12.4 Å². The van der Waals surface area contributed by atoms with Crippen LogP contribution in [0.1, 0.15) is 18.5 Å². The molecule has 8 heteroatoms. The van der Waals surface area contributed by atoms with E-state index in [9.17, 15) is 9.59 Å². The third kappa shape index (κ3) is 2.89. The fraction of sp³-hybridized carbons (Fsp3) is 0.444. The molecular weight excluding hydrogens is 270 g/mol. The van der Waals surface area contributed by atoms with Gasteiger partial charge in [0.1, 0.15) is 5.02 Å². The minimum Gasteiger partial charge on any atom is -0.355 e. The van der Waals surface area contributed by atoms with Crippen molar-refractivity contribution >= 4 is 29.8 Å². The topological polar surface area (TPSA) is 92.8 Å². The zero-order valence-corrected chi connectivity index (χ0v) is 10.5. The summed E-state index contributed by atoms with van der Waals surface area (Å²) in [6, 6.07) is 0. The van der Waals surface area contributed by atoms with Crippen LogP contribution in [0.15, 0.2) is 9.59 Å². The molecule has 0 amide bonds. The molecule has 0 unspecified atom stereocenters. The maximum absolute atomic E-state index is 11.2. The van der Waals surface area contributed by atoms with E-state index in [0.29, 0.717) is 18.1 Å². The number of hydrogen-bond donors (Lipinski definition) is 3. The molecule has 17 heavy (non-hydrogen) atoms. The molecule has 0 bridgehead atoms. The summed E-state index contributed by atoms with van der Waals surface area (Å²) in [5.41, 5.74) is -0.802. The van der Waals surface area contributed by atoms with E-state index in [4.69, 9.17) is 17.0 Å². The summed E-state index contributed by atoms with van der Waals surface area (Å²) < 4.78 is 0. The SMILES string of the molecule is Cl.N=C1CCCN1Cc1[15nH][13c](=O)[15nH]c(=O)c1Cl. The number of halogens is 2. The van der Waals surface area contributed by atoms with Crippen molar-refractivity contribution in [1.29, 1.82) is 5.41 Å². The highest BCUT2D eigenvalue weighted by molar-refractivity contribution is 6.31. The van der Waals surface area contributed by atoms with Gasteiger partial charge in [0.15, 0.2) is 0 Å².